The fraction of sp³-hybridized carbons (Fsp3) is 0.938. The molecule has 122 valence electrons. The van der Waals surface area contributed by atoms with Crippen LogP contribution in [0.1, 0.15) is 52.9 Å². The second-order valence-electron chi connectivity index (χ2n) is 7.25. The van der Waals surface area contributed by atoms with Crippen molar-refractivity contribution in [3.63, 3.8) is 0 Å². The predicted octanol–water partition coefficient (Wildman–Crippen LogP) is 2.54. The summed E-state index contributed by atoms with van der Waals surface area (Å²) >= 11 is 0. The zero-order chi connectivity index (χ0) is 15.5. The van der Waals surface area contributed by atoms with Crippen LogP contribution in [0.4, 0.5) is 4.79 Å². The van der Waals surface area contributed by atoms with Crippen LogP contribution in [-0.2, 0) is 9.47 Å². The van der Waals surface area contributed by atoms with E-state index in [2.05, 4.69) is 10.2 Å². The van der Waals surface area contributed by atoms with Crippen molar-refractivity contribution in [1.82, 2.24) is 10.2 Å². The van der Waals surface area contributed by atoms with E-state index < -0.39 is 5.60 Å². The second kappa shape index (κ2) is 6.97. The molecule has 1 aliphatic heterocycles. The zero-order valence-electron chi connectivity index (χ0n) is 13.9. The maximum atomic E-state index is 11.8. The number of carbonyl (C=O) groups excluding carboxylic acids is 1. The van der Waals surface area contributed by atoms with Crippen LogP contribution in [0.15, 0.2) is 0 Å². The molecule has 1 saturated carbocycles. The van der Waals surface area contributed by atoms with Gasteiger partial charge in [0, 0.05) is 32.3 Å². The van der Waals surface area contributed by atoms with Crippen LogP contribution < -0.4 is 5.32 Å². The molecule has 1 saturated heterocycles. The summed E-state index contributed by atoms with van der Waals surface area (Å²) in [5.74, 6) is 0. The Morgan fingerprint density at radius 2 is 1.90 bits per heavy atom. The molecule has 1 heterocycles. The average Bonchev–Trinajstić information content (AvgIpc) is 2.84. The Labute approximate surface area is 128 Å². The molecule has 5 nitrogen and oxygen atoms in total. The number of nitrogens with zero attached hydrogens (tertiary/aromatic N) is 1. The van der Waals surface area contributed by atoms with E-state index in [4.69, 9.17) is 9.47 Å². The number of nitrogens with one attached hydrogen (secondary N) is 1. The Kier molecular flexibility index (Phi) is 5.49. The summed E-state index contributed by atoms with van der Waals surface area (Å²) in [6.07, 6.45) is 5.94. The van der Waals surface area contributed by atoms with Crippen LogP contribution in [0, 0.1) is 0 Å². The van der Waals surface area contributed by atoms with E-state index in [0.29, 0.717) is 12.1 Å². The minimum atomic E-state index is -0.438. The maximum absolute atomic E-state index is 11.8. The fourth-order valence-corrected chi connectivity index (χ4v) is 3.45. The standard InChI is InChI=1S/C16H30N2O3/c1-16(2,3)21-15(19)17-12-9-10-18(11-12)13-7-5-6-8-14(13)20-4/h12-14H,5-11H2,1-4H3,(H,17,19)/t12-,13+,14?/m1/s1. The number of hydrogen-bond acceptors (Lipinski definition) is 4. The molecule has 1 aliphatic carbocycles. The number of alkyl carbamates (subject to hydrolysis) is 1. The molecule has 1 amide bonds. The summed E-state index contributed by atoms with van der Waals surface area (Å²) in [5.41, 5.74) is -0.438. The van der Waals surface area contributed by atoms with E-state index in [1.807, 2.05) is 27.9 Å². The zero-order valence-corrected chi connectivity index (χ0v) is 13.9. The molecule has 2 aliphatic rings. The van der Waals surface area contributed by atoms with Gasteiger partial charge in [0.05, 0.1) is 6.10 Å². The Morgan fingerprint density at radius 3 is 2.57 bits per heavy atom. The first kappa shape index (κ1) is 16.6. The van der Waals surface area contributed by atoms with E-state index in [9.17, 15) is 4.79 Å². The molecule has 0 spiro atoms. The molecular formula is C16H30N2O3. The van der Waals surface area contributed by atoms with Crippen molar-refractivity contribution in [1.29, 1.82) is 0 Å². The monoisotopic (exact) mass is 298 g/mol. The van der Waals surface area contributed by atoms with Gasteiger partial charge in [-0.2, -0.15) is 0 Å². The van der Waals surface area contributed by atoms with E-state index >= 15 is 0 Å². The van der Waals surface area contributed by atoms with Crippen molar-refractivity contribution >= 4 is 6.09 Å². The molecule has 0 bridgehead atoms. The lowest BCUT2D eigenvalue weighted by Gasteiger charge is -2.37. The van der Waals surface area contributed by atoms with Gasteiger partial charge < -0.3 is 14.8 Å². The molecular weight excluding hydrogens is 268 g/mol. The van der Waals surface area contributed by atoms with Crippen molar-refractivity contribution in [3.05, 3.63) is 0 Å². The lowest BCUT2D eigenvalue weighted by Crippen LogP contribution is -2.47. The summed E-state index contributed by atoms with van der Waals surface area (Å²) in [4.78, 5) is 14.3. The van der Waals surface area contributed by atoms with Crippen LogP contribution >= 0.6 is 0 Å². The van der Waals surface area contributed by atoms with Gasteiger partial charge in [-0.1, -0.05) is 12.8 Å². The van der Waals surface area contributed by atoms with Gasteiger partial charge in [0.25, 0.3) is 0 Å². The number of carbonyl (C=O) groups is 1. The first-order chi connectivity index (χ1) is 9.89. The Morgan fingerprint density at radius 1 is 1.19 bits per heavy atom. The summed E-state index contributed by atoms with van der Waals surface area (Å²) < 4.78 is 11.0. The molecule has 0 aromatic rings. The molecule has 21 heavy (non-hydrogen) atoms. The topological polar surface area (TPSA) is 50.8 Å². The highest BCUT2D eigenvalue weighted by Gasteiger charge is 2.35. The third-order valence-corrected chi connectivity index (χ3v) is 4.38. The molecule has 2 fully saturated rings. The quantitative estimate of drug-likeness (QED) is 0.870. The maximum Gasteiger partial charge on any atom is 0.407 e. The van der Waals surface area contributed by atoms with Crippen LogP contribution in [-0.4, -0.2) is 55.0 Å². The summed E-state index contributed by atoms with van der Waals surface area (Å²) in [6, 6.07) is 0.702. The molecule has 1 N–H and O–H groups in total. The van der Waals surface area contributed by atoms with Crippen LogP contribution in [0.3, 0.4) is 0 Å². The van der Waals surface area contributed by atoms with Crippen molar-refractivity contribution in [2.24, 2.45) is 0 Å². The molecule has 0 aromatic heterocycles. The van der Waals surface area contributed by atoms with E-state index in [1.54, 1.807) is 0 Å². The summed E-state index contributed by atoms with van der Waals surface area (Å²) in [6.45, 7) is 7.60. The Bertz CT molecular complexity index is 354. The molecule has 0 aromatic carbocycles. The largest absolute Gasteiger partial charge is 0.444 e. The molecule has 2 rings (SSSR count). The van der Waals surface area contributed by atoms with E-state index in [-0.39, 0.29) is 12.1 Å². The van der Waals surface area contributed by atoms with Gasteiger partial charge in [0.1, 0.15) is 5.60 Å². The van der Waals surface area contributed by atoms with Crippen molar-refractivity contribution in [2.45, 2.75) is 76.7 Å². The minimum absolute atomic E-state index is 0.194. The van der Waals surface area contributed by atoms with Crippen LogP contribution in [0.25, 0.3) is 0 Å². The smallest absolute Gasteiger partial charge is 0.407 e. The average molecular weight is 298 g/mol. The number of ether oxygens (including phenoxy) is 2. The van der Waals surface area contributed by atoms with Gasteiger partial charge in [0.15, 0.2) is 0 Å². The van der Waals surface area contributed by atoms with Crippen molar-refractivity contribution in [2.75, 3.05) is 20.2 Å². The van der Waals surface area contributed by atoms with Gasteiger partial charge in [-0.25, -0.2) is 4.79 Å². The normalized spacial score (nSPS) is 31.1. The summed E-state index contributed by atoms with van der Waals surface area (Å²) in [7, 11) is 1.81. The summed E-state index contributed by atoms with van der Waals surface area (Å²) in [5, 5.41) is 2.99. The Hall–Kier alpha value is -0.810. The van der Waals surface area contributed by atoms with Gasteiger partial charge in [-0.15, -0.1) is 0 Å². The number of amides is 1. The first-order valence-corrected chi connectivity index (χ1v) is 8.15. The number of likely N-dealkylation sites (tertiary alicyclic amines) is 1. The highest BCUT2D eigenvalue weighted by molar-refractivity contribution is 5.68. The lowest BCUT2D eigenvalue weighted by atomic mass is 9.91. The number of methoxy groups -OCH3 is 1. The van der Waals surface area contributed by atoms with Gasteiger partial charge in [0.2, 0.25) is 0 Å². The first-order valence-electron chi connectivity index (χ1n) is 8.15. The Balaban J connectivity index is 1.81. The van der Waals surface area contributed by atoms with E-state index in [0.717, 1.165) is 25.9 Å². The number of hydrogen-bond donors (Lipinski definition) is 1. The number of rotatable bonds is 3. The highest BCUT2D eigenvalue weighted by Crippen LogP contribution is 2.28. The SMILES string of the molecule is COC1CCCC[C@@H]1N1CC[C@@H](NC(=O)OC(C)(C)C)C1. The third-order valence-electron chi connectivity index (χ3n) is 4.38. The minimum Gasteiger partial charge on any atom is -0.444 e. The lowest BCUT2D eigenvalue weighted by molar-refractivity contribution is -0.00364. The van der Waals surface area contributed by atoms with E-state index in [1.165, 1.54) is 19.3 Å². The van der Waals surface area contributed by atoms with Crippen molar-refractivity contribution in [3.8, 4) is 0 Å². The third kappa shape index (κ3) is 4.85. The van der Waals surface area contributed by atoms with Crippen LogP contribution in [0.5, 0.6) is 0 Å². The molecule has 5 heteroatoms. The second-order valence-corrected chi connectivity index (χ2v) is 7.25. The molecule has 1 unspecified atom stereocenters. The highest BCUT2D eigenvalue weighted by atomic mass is 16.6. The van der Waals surface area contributed by atoms with Gasteiger partial charge in [-0.3, -0.25) is 4.90 Å². The molecule has 0 radical (unpaired) electrons. The fourth-order valence-electron chi connectivity index (χ4n) is 3.45. The molecule has 3 atom stereocenters. The van der Waals surface area contributed by atoms with Gasteiger partial charge >= 0.3 is 6.09 Å². The predicted molar refractivity (Wildman–Crippen MR) is 82.4 cm³/mol. The van der Waals surface area contributed by atoms with Gasteiger partial charge in [-0.05, 0) is 40.0 Å². The van der Waals surface area contributed by atoms with Crippen molar-refractivity contribution < 1.29 is 14.3 Å². The van der Waals surface area contributed by atoms with Crippen LogP contribution in [0.2, 0.25) is 0 Å².